The van der Waals surface area contributed by atoms with Gasteiger partial charge in [-0.25, -0.2) is 4.98 Å². The lowest BCUT2D eigenvalue weighted by molar-refractivity contribution is 1.17. The SMILES string of the molecule is N#Cc1ccc2nc(Br)cn2c1. The van der Waals surface area contributed by atoms with Crippen LogP contribution in [0.5, 0.6) is 0 Å². The van der Waals surface area contributed by atoms with E-state index in [1.54, 1.807) is 12.3 Å². The standard InChI is InChI=1S/C8H4BrN3/c9-7-5-12-4-6(3-10)1-2-8(12)11-7/h1-2,4-5H. The minimum atomic E-state index is 0.632. The monoisotopic (exact) mass is 221 g/mol. The highest BCUT2D eigenvalue weighted by Gasteiger charge is 1.98. The van der Waals surface area contributed by atoms with Crippen molar-refractivity contribution in [2.24, 2.45) is 0 Å². The number of aromatic nitrogens is 2. The summed E-state index contributed by atoms with van der Waals surface area (Å²) < 4.78 is 2.58. The van der Waals surface area contributed by atoms with E-state index >= 15 is 0 Å². The predicted octanol–water partition coefficient (Wildman–Crippen LogP) is 1.97. The zero-order valence-corrected chi connectivity index (χ0v) is 7.62. The molecule has 0 aliphatic rings. The molecule has 0 N–H and O–H groups in total. The summed E-state index contributed by atoms with van der Waals surface area (Å²) in [6.07, 6.45) is 3.56. The number of nitriles is 1. The fourth-order valence-corrected chi connectivity index (χ4v) is 1.43. The molecule has 2 aromatic heterocycles. The van der Waals surface area contributed by atoms with Crippen molar-refractivity contribution in [1.29, 1.82) is 5.26 Å². The van der Waals surface area contributed by atoms with E-state index in [0.717, 1.165) is 10.3 Å². The van der Waals surface area contributed by atoms with E-state index in [9.17, 15) is 0 Å². The van der Waals surface area contributed by atoms with Gasteiger partial charge in [-0.2, -0.15) is 5.26 Å². The average Bonchev–Trinajstić information content (AvgIpc) is 2.43. The third-order valence-electron chi connectivity index (χ3n) is 1.55. The Morgan fingerprint density at radius 1 is 1.42 bits per heavy atom. The van der Waals surface area contributed by atoms with Crippen LogP contribution in [-0.4, -0.2) is 9.38 Å². The summed E-state index contributed by atoms with van der Waals surface area (Å²) in [7, 11) is 0. The summed E-state index contributed by atoms with van der Waals surface area (Å²) in [5, 5.41) is 8.61. The Morgan fingerprint density at radius 2 is 2.25 bits per heavy atom. The van der Waals surface area contributed by atoms with Crippen LogP contribution in [0.1, 0.15) is 5.56 Å². The molecule has 2 rings (SSSR count). The summed E-state index contributed by atoms with van der Waals surface area (Å²) in [6, 6.07) is 5.62. The van der Waals surface area contributed by atoms with E-state index in [1.165, 1.54) is 0 Å². The molecule has 12 heavy (non-hydrogen) atoms. The summed E-state index contributed by atoms with van der Waals surface area (Å²) in [5.74, 6) is 0. The van der Waals surface area contributed by atoms with Gasteiger partial charge in [0, 0.05) is 12.4 Å². The molecule has 0 saturated carbocycles. The van der Waals surface area contributed by atoms with Gasteiger partial charge < -0.3 is 4.40 Å². The molecule has 0 aliphatic heterocycles. The first kappa shape index (κ1) is 7.32. The molecule has 0 unspecified atom stereocenters. The Labute approximate surface area is 77.4 Å². The van der Waals surface area contributed by atoms with Crippen LogP contribution in [0.2, 0.25) is 0 Å². The van der Waals surface area contributed by atoms with Crippen molar-refractivity contribution in [3.05, 3.63) is 34.7 Å². The molecule has 0 radical (unpaired) electrons. The quantitative estimate of drug-likeness (QED) is 0.683. The fraction of sp³-hybridized carbons (Fsp3) is 0. The van der Waals surface area contributed by atoms with Crippen LogP contribution < -0.4 is 0 Å². The van der Waals surface area contributed by atoms with Gasteiger partial charge in [-0.05, 0) is 28.1 Å². The zero-order chi connectivity index (χ0) is 8.55. The van der Waals surface area contributed by atoms with Gasteiger partial charge in [-0.1, -0.05) is 0 Å². The van der Waals surface area contributed by atoms with Crippen LogP contribution >= 0.6 is 15.9 Å². The number of fused-ring (bicyclic) bond motifs is 1. The van der Waals surface area contributed by atoms with Crippen molar-refractivity contribution in [2.45, 2.75) is 0 Å². The highest BCUT2D eigenvalue weighted by Crippen LogP contribution is 2.11. The van der Waals surface area contributed by atoms with Crippen LogP contribution in [0.25, 0.3) is 5.65 Å². The van der Waals surface area contributed by atoms with Gasteiger partial charge in [0.15, 0.2) is 0 Å². The van der Waals surface area contributed by atoms with Crippen LogP contribution in [-0.2, 0) is 0 Å². The van der Waals surface area contributed by atoms with Crippen LogP contribution in [0.3, 0.4) is 0 Å². The molecule has 0 aromatic carbocycles. The lowest BCUT2D eigenvalue weighted by Crippen LogP contribution is -1.83. The van der Waals surface area contributed by atoms with Gasteiger partial charge in [0.25, 0.3) is 0 Å². The molecule has 2 heterocycles. The highest BCUT2D eigenvalue weighted by atomic mass is 79.9. The van der Waals surface area contributed by atoms with E-state index in [-0.39, 0.29) is 0 Å². The van der Waals surface area contributed by atoms with E-state index in [1.807, 2.05) is 16.7 Å². The van der Waals surface area contributed by atoms with Gasteiger partial charge in [0.05, 0.1) is 5.56 Å². The van der Waals surface area contributed by atoms with Crippen LogP contribution in [0, 0.1) is 11.3 Å². The largest absolute Gasteiger partial charge is 0.305 e. The van der Waals surface area contributed by atoms with Gasteiger partial charge in [-0.3, -0.25) is 0 Å². The third-order valence-corrected chi connectivity index (χ3v) is 1.93. The van der Waals surface area contributed by atoms with Crippen molar-refractivity contribution >= 4 is 21.6 Å². The Balaban J connectivity index is 2.77. The number of nitrogens with zero attached hydrogens (tertiary/aromatic N) is 3. The van der Waals surface area contributed by atoms with Gasteiger partial charge in [0.2, 0.25) is 0 Å². The minimum Gasteiger partial charge on any atom is -0.305 e. The number of halogens is 1. The van der Waals surface area contributed by atoms with E-state index in [2.05, 4.69) is 27.0 Å². The highest BCUT2D eigenvalue weighted by molar-refractivity contribution is 9.10. The summed E-state index contributed by atoms with van der Waals surface area (Å²) in [5.41, 5.74) is 1.47. The second-order valence-corrected chi connectivity index (χ2v) is 3.17. The van der Waals surface area contributed by atoms with Gasteiger partial charge in [0.1, 0.15) is 16.3 Å². The third kappa shape index (κ3) is 1.08. The summed E-state index contributed by atoms with van der Waals surface area (Å²) >= 11 is 3.26. The maximum Gasteiger partial charge on any atom is 0.138 e. The Bertz CT molecular complexity index is 467. The molecule has 0 amide bonds. The number of rotatable bonds is 0. The van der Waals surface area contributed by atoms with E-state index in [4.69, 9.17) is 5.26 Å². The Kier molecular flexibility index (Phi) is 1.59. The van der Waals surface area contributed by atoms with Crippen LogP contribution in [0.15, 0.2) is 29.1 Å². The molecule has 0 fully saturated rings. The van der Waals surface area contributed by atoms with E-state index < -0.39 is 0 Å². The van der Waals surface area contributed by atoms with E-state index in [0.29, 0.717) is 5.56 Å². The normalized spacial score (nSPS) is 10.0. The molecule has 58 valence electrons. The van der Waals surface area contributed by atoms with Crippen LogP contribution in [0.4, 0.5) is 0 Å². The Morgan fingerprint density at radius 3 is 3.00 bits per heavy atom. The van der Waals surface area contributed by atoms with Crippen molar-refractivity contribution in [2.75, 3.05) is 0 Å². The first-order valence-electron chi connectivity index (χ1n) is 3.34. The van der Waals surface area contributed by atoms with Gasteiger partial charge >= 0.3 is 0 Å². The molecule has 2 aromatic rings. The average molecular weight is 222 g/mol. The lowest BCUT2D eigenvalue weighted by atomic mass is 10.3. The predicted molar refractivity (Wildman–Crippen MR) is 47.6 cm³/mol. The second-order valence-electron chi connectivity index (χ2n) is 2.36. The van der Waals surface area contributed by atoms with Crippen molar-refractivity contribution in [3.8, 4) is 6.07 Å². The van der Waals surface area contributed by atoms with Crippen molar-refractivity contribution in [1.82, 2.24) is 9.38 Å². The number of imidazole rings is 1. The lowest BCUT2D eigenvalue weighted by Gasteiger charge is -1.91. The zero-order valence-electron chi connectivity index (χ0n) is 6.03. The maximum absolute atomic E-state index is 8.61. The smallest absolute Gasteiger partial charge is 0.138 e. The number of hydrogen-bond acceptors (Lipinski definition) is 2. The minimum absolute atomic E-state index is 0.632. The fourth-order valence-electron chi connectivity index (χ4n) is 1.03. The summed E-state index contributed by atoms with van der Waals surface area (Å²) in [6.45, 7) is 0. The summed E-state index contributed by atoms with van der Waals surface area (Å²) in [4.78, 5) is 4.16. The second kappa shape index (κ2) is 2.61. The first-order chi connectivity index (χ1) is 5.79. The molecule has 3 nitrogen and oxygen atoms in total. The first-order valence-corrected chi connectivity index (χ1v) is 4.13. The number of hydrogen-bond donors (Lipinski definition) is 0. The maximum atomic E-state index is 8.61. The number of pyridine rings is 1. The molecule has 0 spiro atoms. The molecule has 0 bridgehead atoms. The van der Waals surface area contributed by atoms with Gasteiger partial charge in [-0.15, -0.1) is 0 Å². The molecule has 0 saturated heterocycles. The molecule has 4 heteroatoms. The molecular formula is C8H4BrN3. The Hall–Kier alpha value is -1.34. The molecular weight excluding hydrogens is 218 g/mol. The molecule has 0 aliphatic carbocycles. The molecule has 0 atom stereocenters. The van der Waals surface area contributed by atoms with Crippen molar-refractivity contribution in [3.63, 3.8) is 0 Å². The van der Waals surface area contributed by atoms with Crippen molar-refractivity contribution < 1.29 is 0 Å². The topological polar surface area (TPSA) is 41.1 Å².